The van der Waals surface area contributed by atoms with Crippen LogP contribution in [0, 0.1) is 5.92 Å². The molecule has 0 aliphatic heterocycles. The van der Waals surface area contributed by atoms with Crippen molar-refractivity contribution in [3.8, 4) is 0 Å². The van der Waals surface area contributed by atoms with E-state index in [0.29, 0.717) is 32.0 Å². The lowest BCUT2D eigenvalue weighted by Crippen LogP contribution is -2.10. The molecular weight excluding hydrogens is 460 g/mol. The van der Waals surface area contributed by atoms with Gasteiger partial charge in [0, 0.05) is 12.8 Å². The van der Waals surface area contributed by atoms with Gasteiger partial charge in [0.05, 0.1) is 13.2 Å². The van der Waals surface area contributed by atoms with Crippen LogP contribution in [0.1, 0.15) is 181 Å². The minimum atomic E-state index is -0.00556. The average molecular weight is 525 g/mol. The summed E-state index contributed by atoms with van der Waals surface area (Å²) in [4.78, 5) is 23.7. The predicted molar refractivity (Wildman–Crippen MR) is 158 cm³/mol. The third-order valence-corrected chi connectivity index (χ3v) is 7.36. The fourth-order valence-electron chi connectivity index (χ4n) is 4.83. The minimum Gasteiger partial charge on any atom is -0.466 e. The van der Waals surface area contributed by atoms with Crippen LogP contribution in [-0.2, 0) is 19.1 Å². The Kier molecular flexibility index (Phi) is 28.7. The number of hydrogen-bond donors (Lipinski definition) is 0. The van der Waals surface area contributed by atoms with Gasteiger partial charge in [0.15, 0.2) is 0 Å². The zero-order valence-electron chi connectivity index (χ0n) is 25.3. The molecule has 0 saturated heterocycles. The van der Waals surface area contributed by atoms with Crippen molar-refractivity contribution in [1.29, 1.82) is 0 Å². The molecule has 0 N–H and O–H groups in total. The Hall–Kier alpha value is -1.06. The second kappa shape index (κ2) is 29.5. The maximum Gasteiger partial charge on any atom is 0.306 e. The molecule has 37 heavy (non-hydrogen) atoms. The Morgan fingerprint density at radius 1 is 0.486 bits per heavy atom. The summed E-state index contributed by atoms with van der Waals surface area (Å²) in [6.45, 7) is 7.83. The van der Waals surface area contributed by atoms with Crippen LogP contribution in [-0.4, -0.2) is 25.2 Å². The highest BCUT2D eigenvalue weighted by atomic mass is 16.5. The summed E-state index contributed by atoms with van der Waals surface area (Å²) in [5, 5.41) is 0. The number of ether oxygens (including phenoxy) is 2. The number of carbonyl (C=O) groups is 2. The molecule has 0 aliphatic rings. The molecule has 1 unspecified atom stereocenters. The van der Waals surface area contributed by atoms with Crippen LogP contribution in [0.5, 0.6) is 0 Å². The highest BCUT2D eigenvalue weighted by Crippen LogP contribution is 2.17. The first kappa shape index (κ1) is 35.9. The summed E-state index contributed by atoms with van der Waals surface area (Å²) in [6.07, 6.45) is 29.5. The quantitative estimate of drug-likeness (QED) is 0.0721. The molecule has 0 aromatic heterocycles. The summed E-state index contributed by atoms with van der Waals surface area (Å²) < 4.78 is 10.7. The molecule has 0 rings (SSSR count). The second-order valence-corrected chi connectivity index (χ2v) is 11.4. The smallest absolute Gasteiger partial charge is 0.306 e. The van der Waals surface area contributed by atoms with Gasteiger partial charge >= 0.3 is 11.9 Å². The van der Waals surface area contributed by atoms with Gasteiger partial charge in [0.1, 0.15) is 0 Å². The van der Waals surface area contributed by atoms with E-state index in [4.69, 9.17) is 9.47 Å². The van der Waals surface area contributed by atoms with Crippen LogP contribution in [0.4, 0.5) is 0 Å². The van der Waals surface area contributed by atoms with Crippen LogP contribution in [0.2, 0.25) is 0 Å². The van der Waals surface area contributed by atoms with Gasteiger partial charge in [0.2, 0.25) is 0 Å². The molecule has 0 bridgehead atoms. The Labute approximate surface area is 231 Å². The van der Waals surface area contributed by atoms with Crippen molar-refractivity contribution < 1.29 is 19.1 Å². The van der Waals surface area contributed by atoms with E-state index in [2.05, 4.69) is 20.8 Å². The van der Waals surface area contributed by atoms with Gasteiger partial charge in [-0.25, -0.2) is 0 Å². The SMILES string of the molecule is CCCCCCCOC(=O)CCCCCCCCCCCCCCC(C)CC(=O)OCCCCCCC. The van der Waals surface area contributed by atoms with E-state index in [1.807, 2.05) is 0 Å². The molecule has 0 saturated carbocycles. The van der Waals surface area contributed by atoms with Crippen LogP contribution >= 0.6 is 0 Å². The third-order valence-electron chi connectivity index (χ3n) is 7.36. The minimum absolute atomic E-state index is 0.00375. The van der Waals surface area contributed by atoms with Crippen molar-refractivity contribution in [3.05, 3.63) is 0 Å². The first-order valence-corrected chi connectivity index (χ1v) is 16.4. The fraction of sp³-hybridized carbons (Fsp3) is 0.939. The first-order chi connectivity index (χ1) is 18.1. The van der Waals surface area contributed by atoms with Crippen LogP contribution in [0.15, 0.2) is 0 Å². The molecule has 0 amide bonds. The number of rotatable bonds is 29. The summed E-state index contributed by atoms with van der Waals surface area (Å²) in [6, 6.07) is 0. The van der Waals surface area contributed by atoms with Gasteiger partial charge < -0.3 is 9.47 Å². The summed E-state index contributed by atoms with van der Waals surface area (Å²) in [5.74, 6) is 0.434. The first-order valence-electron chi connectivity index (χ1n) is 16.4. The zero-order valence-corrected chi connectivity index (χ0v) is 25.3. The van der Waals surface area contributed by atoms with Gasteiger partial charge in [-0.15, -0.1) is 0 Å². The van der Waals surface area contributed by atoms with Crippen molar-refractivity contribution in [2.45, 2.75) is 181 Å². The molecule has 0 aromatic carbocycles. The fourth-order valence-corrected chi connectivity index (χ4v) is 4.83. The van der Waals surface area contributed by atoms with E-state index in [1.165, 1.54) is 116 Å². The standard InChI is InChI=1S/C33H64O4/c1-4-6-8-20-24-28-36-32(34)27-23-19-17-15-13-11-10-12-14-16-18-22-26-31(3)30-33(35)37-29-25-21-9-7-5-2/h31H,4-30H2,1-3H3. The van der Waals surface area contributed by atoms with Gasteiger partial charge in [-0.1, -0.05) is 149 Å². The summed E-state index contributed by atoms with van der Waals surface area (Å²) >= 11 is 0. The maximum absolute atomic E-state index is 11.9. The topological polar surface area (TPSA) is 52.6 Å². The van der Waals surface area contributed by atoms with Gasteiger partial charge in [-0.2, -0.15) is 0 Å². The van der Waals surface area contributed by atoms with Crippen LogP contribution in [0.3, 0.4) is 0 Å². The van der Waals surface area contributed by atoms with Crippen molar-refractivity contribution >= 4 is 11.9 Å². The van der Waals surface area contributed by atoms with Crippen molar-refractivity contribution in [2.24, 2.45) is 5.92 Å². The lowest BCUT2D eigenvalue weighted by atomic mass is 9.99. The van der Waals surface area contributed by atoms with Gasteiger partial charge in [-0.05, 0) is 25.2 Å². The molecule has 220 valence electrons. The van der Waals surface area contributed by atoms with Gasteiger partial charge in [-0.3, -0.25) is 9.59 Å². The molecule has 0 fully saturated rings. The monoisotopic (exact) mass is 524 g/mol. The van der Waals surface area contributed by atoms with Crippen molar-refractivity contribution in [2.75, 3.05) is 13.2 Å². The number of carbonyl (C=O) groups excluding carboxylic acids is 2. The largest absolute Gasteiger partial charge is 0.466 e. The number of hydrogen-bond acceptors (Lipinski definition) is 4. The van der Waals surface area contributed by atoms with E-state index < -0.39 is 0 Å². The number of unbranched alkanes of at least 4 members (excludes halogenated alkanes) is 19. The summed E-state index contributed by atoms with van der Waals surface area (Å²) in [5.41, 5.74) is 0. The average Bonchev–Trinajstić information content (AvgIpc) is 2.88. The molecule has 0 radical (unpaired) electrons. The predicted octanol–water partition coefficient (Wildman–Crippen LogP) is 10.5. The Balaban J connectivity index is 3.29. The Morgan fingerprint density at radius 3 is 1.35 bits per heavy atom. The number of esters is 2. The summed E-state index contributed by atoms with van der Waals surface area (Å²) in [7, 11) is 0. The molecule has 0 aromatic rings. The molecule has 4 nitrogen and oxygen atoms in total. The zero-order chi connectivity index (χ0) is 27.2. The van der Waals surface area contributed by atoms with Gasteiger partial charge in [0.25, 0.3) is 0 Å². The Bertz CT molecular complexity index is 491. The van der Waals surface area contributed by atoms with E-state index in [1.54, 1.807) is 0 Å². The normalized spacial score (nSPS) is 12.0. The van der Waals surface area contributed by atoms with E-state index in [0.717, 1.165) is 32.1 Å². The lowest BCUT2D eigenvalue weighted by Gasteiger charge is -2.11. The highest BCUT2D eigenvalue weighted by Gasteiger charge is 2.10. The van der Waals surface area contributed by atoms with Crippen molar-refractivity contribution in [3.63, 3.8) is 0 Å². The van der Waals surface area contributed by atoms with E-state index in [9.17, 15) is 9.59 Å². The van der Waals surface area contributed by atoms with Crippen LogP contribution in [0.25, 0.3) is 0 Å². The molecule has 0 spiro atoms. The molecular formula is C33H64O4. The lowest BCUT2D eigenvalue weighted by molar-refractivity contribution is -0.145. The van der Waals surface area contributed by atoms with E-state index in [-0.39, 0.29) is 11.9 Å². The molecule has 0 aliphatic carbocycles. The molecule has 1 atom stereocenters. The van der Waals surface area contributed by atoms with Crippen LogP contribution < -0.4 is 0 Å². The van der Waals surface area contributed by atoms with Crippen molar-refractivity contribution in [1.82, 2.24) is 0 Å². The van der Waals surface area contributed by atoms with E-state index >= 15 is 0 Å². The highest BCUT2D eigenvalue weighted by molar-refractivity contribution is 5.69. The Morgan fingerprint density at radius 2 is 0.865 bits per heavy atom. The maximum atomic E-state index is 11.9. The third kappa shape index (κ3) is 29.4. The molecule has 0 heterocycles. The molecule has 4 heteroatoms. The second-order valence-electron chi connectivity index (χ2n) is 11.4.